The summed E-state index contributed by atoms with van der Waals surface area (Å²) in [4.78, 5) is 0. The average Bonchev–Trinajstić information content (AvgIpc) is 2.29. The molecule has 2 atom stereocenters. The lowest BCUT2D eigenvalue weighted by Crippen LogP contribution is -2.35. The molecule has 0 heterocycles. The maximum absolute atomic E-state index is 5.26. The first kappa shape index (κ1) is 14.2. The molecule has 0 bridgehead atoms. The molecule has 1 fully saturated rings. The minimum Gasteiger partial charge on any atom is -0.497 e. The number of hydrogen-bond acceptors (Lipinski definition) is 2. The summed E-state index contributed by atoms with van der Waals surface area (Å²) < 4.78 is 5.26. The van der Waals surface area contributed by atoms with Crippen LogP contribution in [0.4, 0.5) is 5.69 Å². The summed E-state index contributed by atoms with van der Waals surface area (Å²) in [5, 5.41) is 3.73. The van der Waals surface area contributed by atoms with E-state index < -0.39 is 0 Å². The van der Waals surface area contributed by atoms with Crippen molar-refractivity contribution < 1.29 is 4.74 Å². The molecule has 0 aliphatic heterocycles. The van der Waals surface area contributed by atoms with E-state index in [1.807, 2.05) is 6.07 Å². The van der Waals surface area contributed by atoms with Gasteiger partial charge in [-0.15, -0.1) is 0 Å². The second-order valence-corrected chi connectivity index (χ2v) is 6.94. The van der Waals surface area contributed by atoms with E-state index in [0.717, 1.165) is 11.7 Å². The number of hydrogen-bond donors (Lipinski definition) is 1. The molecule has 1 aromatic carbocycles. The number of anilines is 1. The predicted molar refractivity (Wildman–Crippen MR) is 81.9 cm³/mol. The number of nitrogens with one attached hydrogen (secondary N) is 1. The van der Waals surface area contributed by atoms with Crippen molar-refractivity contribution in [3.63, 3.8) is 0 Å². The summed E-state index contributed by atoms with van der Waals surface area (Å²) in [5.41, 5.74) is 2.96. The van der Waals surface area contributed by atoms with Crippen molar-refractivity contribution >= 4 is 5.69 Å². The molecule has 0 saturated heterocycles. The number of ether oxygens (including phenoxy) is 1. The van der Waals surface area contributed by atoms with Crippen molar-refractivity contribution in [2.45, 2.75) is 53.0 Å². The highest BCUT2D eigenvalue weighted by Gasteiger charge is 2.31. The molecule has 2 unspecified atom stereocenters. The van der Waals surface area contributed by atoms with E-state index in [9.17, 15) is 0 Å². The van der Waals surface area contributed by atoms with Crippen LogP contribution >= 0.6 is 0 Å². The maximum atomic E-state index is 5.26. The Hall–Kier alpha value is -1.18. The molecule has 106 valence electrons. The Balaban J connectivity index is 2.08. The minimum atomic E-state index is 0.454. The van der Waals surface area contributed by atoms with Gasteiger partial charge in [0.2, 0.25) is 0 Å². The van der Waals surface area contributed by atoms with Crippen LogP contribution in [-0.4, -0.2) is 13.2 Å². The fourth-order valence-electron chi connectivity index (χ4n) is 3.60. The largest absolute Gasteiger partial charge is 0.497 e. The van der Waals surface area contributed by atoms with Gasteiger partial charge in [-0.25, -0.2) is 0 Å². The lowest BCUT2D eigenvalue weighted by atomic mass is 9.70. The molecule has 1 saturated carbocycles. The van der Waals surface area contributed by atoms with Gasteiger partial charge in [-0.1, -0.05) is 20.8 Å². The first-order valence-corrected chi connectivity index (χ1v) is 7.31. The van der Waals surface area contributed by atoms with E-state index in [0.29, 0.717) is 11.5 Å². The van der Waals surface area contributed by atoms with Gasteiger partial charge in [0.25, 0.3) is 0 Å². The molecule has 19 heavy (non-hydrogen) atoms. The highest BCUT2D eigenvalue weighted by atomic mass is 16.5. The van der Waals surface area contributed by atoms with Gasteiger partial charge < -0.3 is 10.1 Å². The van der Waals surface area contributed by atoms with Gasteiger partial charge in [-0.3, -0.25) is 0 Å². The van der Waals surface area contributed by atoms with Gasteiger partial charge in [0.05, 0.1) is 7.11 Å². The van der Waals surface area contributed by atoms with Crippen LogP contribution in [0.5, 0.6) is 5.75 Å². The molecular weight excluding hydrogens is 234 g/mol. The fourth-order valence-corrected chi connectivity index (χ4v) is 3.60. The minimum absolute atomic E-state index is 0.454. The number of benzene rings is 1. The maximum Gasteiger partial charge on any atom is 0.119 e. The van der Waals surface area contributed by atoms with Crippen LogP contribution in [0.15, 0.2) is 18.2 Å². The third-order valence-corrected chi connectivity index (χ3v) is 4.18. The molecule has 1 N–H and O–H groups in total. The van der Waals surface area contributed by atoms with Crippen LogP contribution in [0.1, 0.15) is 45.6 Å². The van der Waals surface area contributed by atoms with Crippen LogP contribution in [0.3, 0.4) is 0 Å². The Bertz CT molecular complexity index is 439. The molecule has 0 radical (unpaired) electrons. The van der Waals surface area contributed by atoms with Crippen LogP contribution in [0.25, 0.3) is 0 Å². The van der Waals surface area contributed by atoms with Gasteiger partial charge in [0.1, 0.15) is 5.75 Å². The quantitative estimate of drug-likeness (QED) is 0.856. The molecule has 1 aliphatic rings. The molecular formula is C17H27NO. The van der Waals surface area contributed by atoms with Gasteiger partial charge in [0.15, 0.2) is 0 Å². The van der Waals surface area contributed by atoms with Crippen molar-refractivity contribution in [1.82, 2.24) is 0 Å². The highest BCUT2D eigenvalue weighted by Crippen LogP contribution is 2.39. The van der Waals surface area contributed by atoms with Crippen LogP contribution in [0.2, 0.25) is 0 Å². The Morgan fingerprint density at radius 3 is 2.58 bits per heavy atom. The summed E-state index contributed by atoms with van der Waals surface area (Å²) in [6.45, 7) is 9.29. The monoisotopic (exact) mass is 261 g/mol. The van der Waals surface area contributed by atoms with Gasteiger partial charge in [0, 0.05) is 11.7 Å². The van der Waals surface area contributed by atoms with E-state index in [2.05, 4.69) is 45.1 Å². The summed E-state index contributed by atoms with van der Waals surface area (Å²) in [6, 6.07) is 6.86. The van der Waals surface area contributed by atoms with Crippen molar-refractivity contribution in [3.05, 3.63) is 23.8 Å². The molecule has 0 spiro atoms. The molecule has 2 heteroatoms. The second kappa shape index (κ2) is 5.44. The first-order valence-electron chi connectivity index (χ1n) is 7.31. The number of aryl methyl sites for hydroxylation is 1. The third kappa shape index (κ3) is 3.65. The van der Waals surface area contributed by atoms with Crippen LogP contribution in [0, 0.1) is 18.3 Å². The molecule has 1 aliphatic carbocycles. The van der Waals surface area contributed by atoms with Crippen molar-refractivity contribution in [2.75, 3.05) is 12.4 Å². The van der Waals surface area contributed by atoms with Crippen LogP contribution < -0.4 is 10.1 Å². The van der Waals surface area contributed by atoms with E-state index >= 15 is 0 Å². The molecule has 1 aromatic rings. The lowest BCUT2D eigenvalue weighted by molar-refractivity contribution is 0.178. The van der Waals surface area contributed by atoms with E-state index in [4.69, 9.17) is 4.74 Å². The smallest absolute Gasteiger partial charge is 0.119 e. The predicted octanol–water partition coefficient (Wildman–Crippen LogP) is 4.63. The lowest BCUT2D eigenvalue weighted by Gasteiger charge is -2.39. The average molecular weight is 261 g/mol. The van der Waals surface area contributed by atoms with Crippen molar-refractivity contribution in [1.29, 1.82) is 0 Å². The van der Waals surface area contributed by atoms with E-state index in [-0.39, 0.29) is 0 Å². The summed E-state index contributed by atoms with van der Waals surface area (Å²) >= 11 is 0. The Labute approximate surface area is 117 Å². The van der Waals surface area contributed by atoms with Crippen LogP contribution in [-0.2, 0) is 0 Å². The SMILES string of the molecule is COc1ccc(NC2CC(C)CC(C)(C)C2)c(C)c1. The van der Waals surface area contributed by atoms with Crippen molar-refractivity contribution in [2.24, 2.45) is 11.3 Å². The second-order valence-electron chi connectivity index (χ2n) is 6.94. The number of methoxy groups -OCH3 is 1. The molecule has 0 aromatic heterocycles. The highest BCUT2D eigenvalue weighted by molar-refractivity contribution is 5.54. The molecule has 2 nitrogen and oxygen atoms in total. The van der Waals surface area contributed by atoms with Gasteiger partial charge >= 0.3 is 0 Å². The molecule has 2 rings (SSSR count). The van der Waals surface area contributed by atoms with E-state index in [1.165, 1.54) is 30.5 Å². The van der Waals surface area contributed by atoms with Gasteiger partial charge in [-0.05, 0) is 61.3 Å². The summed E-state index contributed by atoms with van der Waals surface area (Å²) in [5.74, 6) is 1.74. The fraction of sp³-hybridized carbons (Fsp3) is 0.647. The third-order valence-electron chi connectivity index (χ3n) is 4.18. The first-order chi connectivity index (χ1) is 8.89. The number of rotatable bonds is 3. The Morgan fingerprint density at radius 1 is 1.26 bits per heavy atom. The molecule has 0 amide bonds. The normalized spacial score (nSPS) is 25.9. The standard InChI is InChI=1S/C17H27NO/c1-12-8-14(11-17(3,4)10-12)18-16-7-6-15(19-5)9-13(16)2/h6-7,9,12,14,18H,8,10-11H2,1-5H3. The Morgan fingerprint density at radius 2 is 2.00 bits per heavy atom. The van der Waals surface area contributed by atoms with Gasteiger partial charge in [-0.2, -0.15) is 0 Å². The van der Waals surface area contributed by atoms with E-state index in [1.54, 1.807) is 7.11 Å². The zero-order chi connectivity index (χ0) is 14.0. The summed E-state index contributed by atoms with van der Waals surface area (Å²) in [7, 11) is 1.72. The zero-order valence-corrected chi connectivity index (χ0v) is 12.9. The zero-order valence-electron chi connectivity index (χ0n) is 12.9. The summed E-state index contributed by atoms with van der Waals surface area (Å²) in [6.07, 6.45) is 3.87. The van der Waals surface area contributed by atoms with Crippen molar-refractivity contribution in [3.8, 4) is 5.75 Å². The topological polar surface area (TPSA) is 21.3 Å². The Kier molecular flexibility index (Phi) is 4.07.